The summed E-state index contributed by atoms with van der Waals surface area (Å²) >= 11 is 0. The first-order chi connectivity index (χ1) is 20.7. The zero-order valence-electron chi connectivity index (χ0n) is 27.7. The lowest BCUT2D eigenvalue weighted by atomic mass is 10.1. The summed E-state index contributed by atoms with van der Waals surface area (Å²) in [5, 5.41) is 26.7. The molecule has 43 heavy (non-hydrogen) atoms. The summed E-state index contributed by atoms with van der Waals surface area (Å²) in [5.41, 5.74) is 0. The van der Waals surface area contributed by atoms with Gasteiger partial charge >= 0.3 is 5.97 Å². The summed E-state index contributed by atoms with van der Waals surface area (Å²) in [6, 6.07) is 0. The first-order valence-electron chi connectivity index (χ1n) is 17.5. The summed E-state index contributed by atoms with van der Waals surface area (Å²) < 4.78 is -0.297. The summed E-state index contributed by atoms with van der Waals surface area (Å²) in [6.45, 7) is 4.14. The number of rotatable bonds is 32. The summed E-state index contributed by atoms with van der Waals surface area (Å²) in [4.78, 5) is 47.8. The van der Waals surface area contributed by atoms with Crippen molar-refractivity contribution in [3.63, 3.8) is 0 Å². The minimum absolute atomic E-state index is 0.105. The van der Waals surface area contributed by atoms with Gasteiger partial charge < -0.3 is 30.1 Å². The summed E-state index contributed by atoms with van der Waals surface area (Å²) in [5.74, 6) is -2.69. The number of hydrogen-bond donors (Lipinski definition) is 3. The lowest BCUT2D eigenvalue weighted by Crippen LogP contribution is -2.61. The second-order valence-electron chi connectivity index (χ2n) is 12.4. The van der Waals surface area contributed by atoms with Gasteiger partial charge in [0.15, 0.2) is 6.54 Å². The van der Waals surface area contributed by atoms with Gasteiger partial charge in [-0.05, 0) is 12.8 Å². The van der Waals surface area contributed by atoms with Crippen LogP contribution in [0.5, 0.6) is 0 Å². The SMILES string of the molecule is CCCCCCCCCCCCCC(=O)NCC[N+](CCNC(=O)CCCCCCCCCCC)(CC(=O)[O-])CC(=O)O. The average Bonchev–Trinajstić information content (AvgIpc) is 2.94. The molecule has 0 aromatic carbocycles. The highest BCUT2D eigenvalue weighted by Gasteiger charge is 2.30. The van der Waals surface area contributed by atoms with E-state index in [1.807, 2.05) is 0 Å². The van der Waals surface area contributed by atoms with Gasteiger partial charge in [0.1, 0.15) is 6.54 Å². The second-order valence-corrected chi connectivity index (χ2v) is 12.4. The number of carbonyl (C=O) groups is 4. The van der Waals surface area contributed by atoms with Gasteiger partial charge in [-0.2, -0.15) is 0 Å². The van der Waals surface area contributed by atoms with Crippen LogP contribution in [0.15, 0.2) is 0 Å². The molecule has 9 heteroatoms. The summed E-state index contributed by atoms with van der Waals surface area (Å²) in [6.07, 6.45) is 24.6. The molecular formula is C34H65N3O6. The number of quaternary nitrogens is 1. The third kappa shape index (κ3) is 27.1. The molecule has 0 aliphatic rings. The van der Waals surface area contributed by atoms with Crippen LogP contribution in [-0.2, 0) is 19.2 Å². The first-order valence-corrected chi connectivity index (χ1v) is 17.5. The van der Waals surface area contributed by atoms with Gasteiger partial charge in [0, 0.05) is 12.8 Å². The van der Waals surface area contributed by atoms with Crippen molar-refractivity contribution in [3.05, 3.63) is 0 Å². The molecule has 0 radical (unpaired) electrons. The van der Waals surface area contributed by atoms with Crippen LogP contribution in [0, 0.1) is 0 Å². The zero-order valence-corrected chi connectivity index (χ0v) is 27.7. The van der Waals surface area contributed by atoms with Crippen molar-refractivity contribution in [2.75, 3.05) is 39.3 Å². The minimum atomic E-state index is -1.35. The molecule has 0 fully saturated rings. The van der Waals surface area contributed by atoms with E-state index in [0.29, 0.717) is 12.8 Å². The third-order valence-corrected chi connectivity index (χ3v) is 8.27. The van der Waals surface area contributed by atoms with Crippen LogP contribution in [0.25, 0.3) is 0 Å². The fourth-order valence-electron chi connectivity index (χ4n) is 5.63. The molecule has 0 saturated carbocycles. The Balaban J connectivity index is 4.32. The van der Waals surface area contributed by atoms with Crippen LogP contribution >= 0.6 is 0 Å². The highest BCUT2D eigenvalue weighted by atomic mass is 16.4. The fraction of sp³-hybridized carbons (Fsp3) is 0.882. The Kier molecular flexibility index (Phi) is 27.2. The molecule has 0 aromatic heterocycles. The lowest BCUT2D eigenvalue weighted by Gasteiger charge is -2.37. The zero-order chi connectivity index (χ0) is 32.0. The number of carboxylic acid groups (broad SMARTS) is 2. The van der Waals surface area contributed by atoms with Crippen molar-refractivity contribution in [3.8, 4) is 0 Å². The Morgan fingerprint density at radius 3 is 1.16 bits per heavy atom. The van der Waals surface area contributed by atoms with Crippen molar-refractivity contribution in [2.24, 2.45) is 0 Å². The van der Waals surface area contributed by atoms with Crippen LogP contribution in [-0.4, -0.2) is 72.6 Å². The number of unbranched alkanes of at least 4 members (excludes halogenated alkanes) is 18. The van der Waals surface area contributed by atoms with Crippen molar-refractivity contribution in [1.82, 2.24) is 10.6 Å². The number of carboxylic acids is 2. The van der Waals surface area contributed by atoms with Crippen molar-refractivity contribution < 1.29 is 33.9 Å². The van der Waals surface area contributed by atoms with Crippen LogP contribution in [0.1, 0.15) is 155 Å². The van der Waals surface area contributed by atoms with E-state index in [2.05, 4.69) is 24.5 Å². The van der Waals surface area contributed by atoms with Crippen LogP contribution in [0.3, 0.4) is 0 Å². The number of nitrogens with one attached hydrogen (secondary N) is 2. The molecule has 2 amide bonds. The monoisotopic (exact) mass is 611 g/mol. The highest BCUT2D eigenvalue weighted by Crippen LogP contribution is 2.13. The molecule has 0 aliphatic heterocycles. The Labute approximate surface area is 262 Å². The number of carbonyl (C=O) groups excluding carboxylic acids is 3. The maximum absolute atomic E-state index is 12.3. The van der Waals surface area contributed by atoms with E-state index in [1.54, 1.807) is 0 Å². The Morgan fingerprint density at radius 1 is 0.535 bits per heavy atom. The Hall–Kier alpha value is -2.16. The largest absolute Gasteiger partial charge is 0.544 e. The summed E-state index contributed by atoms with van der Waals surface area (Å²) in [7, 11) is 0. The van der Waals surface area contributed by atoms with Gasteiger partial charge in [0.05, 0.1) is 32.1 Å². The molecule has 0 saturated heterocycles. The van der Waals surface area contributed by atoms with Gasteiger partial charge in [0.2, 0.25) is 11.8 Å². The first kappa shape index (κ1) is 40.8. The average molecular weight is 612 g/mol. The molecule has 252 valence electrons. The normalized spacial score (nSPS) is 12.5. The van der Waals surface area contributed by atoms with E-state index in [9.17, 15) is 29.4 Å². The molecular weight excluding hydrogens is 546 g/mol. The number of hydrogen-bond acceptors (Lipinski definition) is 5. The quantitative estimate of drug-likeness (QED) is 0.0680. The van der Waals surface area contributed by atoms with Crippen LogP contribution < -0.4 is 15.7 Å². The third-order valence-electron chi connectivity index (χ3n) is 8.27. The number of aliphatic carboxylic acids is 2. The predicted octanol–water partition coefficient (Wildman–Crippen LogP) is 5.49. The van der Waals surface area contributed by atoms with Gasteiger partial charge in [-0.15, -0.1) is 0 Å². The van der Waals surface area contributed by atoms with E-state index in [-0.39, 0.29) is 42.5 Å². The Morgan fingerprint density at radius 2 is 0.860 bits per heavy atom. The number of nitrogens with zero attached hydrogens (tertiary/aromatic N) is 1. The molecule has 0 heterocycles. The molecule has 0 rings (SSSR count). The van der Waals surface area contributed by atoms with Crippen molar-refractivity contribution in [1.29, 1.82) is 0 Å². The van der Waals surface area contributed by atoms with Crippen molar-refractivity contribution in [2.45, 2.75) is 155 Å². The topological polar surface area (TPSA) is 136 Å². The highest BCUT2D eigenvalue weighted by molar-refractivity contribution is 5.76. The molecule has 3 N–H and O–H groups in total. The van der Waals surface area contributed by atoms with Gasteiger partial charge in [0.25, 0.3) is 0 Å². The molecule has 9 nitrogen and oxygen atoms in total. The van der Waals surface area contributed by atoms with Gasteiger partial charge in [-0.25, -0.2) is 4.79 Å². The second kappa shape index (κ2) is 28.6. The standard InChI is InChI=1S/C34H65N3O6/c1-3-5-7-9-11-13-14-16-18-20-22-24-32(39)36-26-28-37(29-33(40)41,30-34(42)43)27-25-35-31(38)23-21-19-17-15-12-10-8-6-4-2/h3-30H2,1-2H3,(H3-,35,36,38,39,40,41,42,43). The lowest BCUT2D eigenvalue weighted by molar-refractivity contribution is -0.913. The van der Waals surface area contributed by atoms with E-state index < -0.39 is 25.0 Å². The molecule has 0 aromatic rings. The molecule has 0 bridgehead atoms. The molecule has 1 atom stereocenters. The van der Waals surface area contributed by atoms with Gasteiger partial charge in [-0.3, -0.25) is 9.59 Å². The van der Waals surface area contributed by atoms with E-state index >= 15 is 0 Å². The van der Waals surface area contributed by atoms with E-state index in [4.69, 9.17) is 0 Å². The Bertz CT molecular complexity index is 715. The van der Waals surface area contributed by atoms with E-state index in [0.717, 1.165) is 38.5 Å². The smallest absolute Gasteiger partial charge is 0.359 e. The minimum Gasteiger partial charge on any atom is -0.544 e. The molecule has 0 aliphatic carbocycles. The van der Waals surface area contributed by atoms with E-state index in [1.165, 1.54) is 89.9 Å². The fourth-order valence-corrected chi connectivity index (χ4v) is 5.63. The predicted molar refractivity (Wildman–Crippen MR) is 171 cm³/mol. The molecule has 0 spiro atoms. The van der Waals surface area contributed by atoms with Crippen LogP contribution in [0.2, 0.25) is 0 Å². The van der Waals surface area contributed by atoms with Crippen LogP contribution in [0.4, 0.5) is 0 Å². The maximum atomic E-state index is 12.3. The van der Waals surface area contributed by atoms with Crippen molar-refractivity contribution >= 4 is 23.8 Å². The maximum Gasteiger partial charge on any atom is 0.359 e. The number of amides is 2. The molecule has 1 unspecified atom stereocenters. The van der Waals surface area contributed by atoms with Gasteiger partial charge in [-0.1, -0.05) is 129 Å².